The molecule has 0 bridgehead atoms. The monoisotopic (exact) mass is 737 g/mol. The third-order valence-electron chi connectivity index (χ3n) is 9.01. The van der Waals surface area contributed by atoms with Crippen molar-refractivity contribution in [3.63, 3.8) is 0 Å². The summed E-state index contributed by atoms with van der Waals surface area (Å²) in [5.74, 6) is -0.913. The summed E-state index contributed by atoms with van der Waals surface area (Å²) in [4.78, 5) is 34.8. The van der Waals surface area contributed by atoms with Crippen molar-refractivity contribution in [2.75, 3.05) is 26.4 Å². The molecule has 11 heteroatoms. The van der Waals surface area contributed by atoms with E-state index >= 15 is 0 Å². The molecular weight excluding hydrogens is 659 g/mol. The maximum Gasteiger partial charge on any atom is 0.472 e. The summed E-state index contributed by atoms with van der Waals surface area (Å²) in [6, 6.07) is 0. The van der Waals surface area contributed by atoms with Gasteiger partial charge in [0.2, 0.25) is 0 Å². The van der Waals surface area contributed by atoms with E-state index < -0.39 is 51.8 Å². The minimum absolute atomic E-state index is 0.192. The Kier molecular flexibility index (Phi) is 35.6. The van der Waals surface area contributed by atoms with Crippen LogP contribution in [0.2, 0.25) is 0 Å². The van der Waals surface area contributed by atoms with Gasteiger partial charge in [0.1, 0.15) is 12.7 Å². The number of carbonyl (C=O) groups excluding carboxylic acids is 2. The van der Waals surface area contributed by atoms with E-state index in [4.69, 9.17) is 19.1 Å². The van der Waals surface area contributed by atoms with Crippen LogP contribution in [0, 0.1) is 0 Å². The molecule has 1 unspecified atom stereocenters. The number of phosphoric ester groups is 1. The molecule has 0 fully saturated rings. The first kappa shape index (κ1) is 49.0. The van der Waals surface area contributed by atoms with Gasteiger partial charge in [0.25, 0.3) is 0 Å². The number of esters is 2. The first-order valence-electron chi connectivity index (χ1n) is 20.5. The first-order valence-corrected chi connectivity index (χ1v) is 22.0. The molecule has 0 aliphatic carbocycles. The summed E-state index contributed by atoms with van der Waals surface area (Å²) in [6.45, 7) is 2.39. The van der Waals surface area contributed by atoms with Crippen LogP contribution < -0.4 is 0 Å². The van der Waals surface area contributed by atoms with Crippen molar-refractivity contribution in [1.29, 1.82) is 0 Å². The van der Waals surface area contributed by atoms with E-state index in [1.165, 1.54) is 122 Å². The Labute approximate surface area is 305 Å². The quantitative estimate of drug-likeness (QED) is 0.0316. The molecule has 0 heterocycles. The molecule has 0 radical (unpaired) electrons. The second-order valence-corrected chi connectivity index (χ2v) is 15.5. The zero-order valence-corrected chi connectivity index (χ0v) is 33.0. The van der Waals surface area contributed by atoms with Crippen molar-refractivity contribution in [3.05, 3.63) is 0 Å². The van der Waals surface area contributed by atoms with Gasteiger partial charge in [-0.2, -0.15) is 0 Å². The molecule has 0 aromatic heterocycles. The molecule has 50 heavy (non-hydrogen) atoms. The minimum atomic E-state index is -4.60. The number of aliphatic hydroxyl groups is 2. The fourth-order valence-electron chi connectivity index (χ4n) is 5.82. The number of aliphatic hydroxyl groups excluding tert-OH is 2. The highest BCUT2D eigenvalue weighted by Crippen LogP contribution is 2.43. The van der Waals surface area contributed by atoms with Crippen molar-refractivity contribution in [2.24, 2.45) is 0 Å². The van der Waals surface area contributed by atoms with Gasteiger partial charge in [-0.05, 0) is 12.8 Å². The van der Waals surface area contributed by atoms with Gasteiger partial charge < -0.3 is 24.6 Å². The van der Waals surface area contributed by atoms with Crippen LogP contribution in [0.1, 0.15) is 200 Å². The van der Waals surface area contributed by atoms with Gasteiger partial charge in [-0.15, -0.1) is 0 Å². The van der Waals surface area contributed by atoms with Gasteiger partial charge in [-0.3, -0.25) is 18.6 Å². The topological polar surface area (TPSA) is 149 Å². The Morgan fingerprint density at radius 2 is 0.860 bits per heavy atom. The van der Waals surface area contributed by atoms with Gasteiger partial charge >= 0.3 is 19.8 Å². The summed E-state index contributed by atoms with van der Waals surface area (Å²) in [5, 5.41) is 18.3. The molecule has 0 aromatic carbocycles. The largest absolute Gasteiger partial charge is 0.472 e. The van der Waals surface area contributed by atoms with Gasteiger partial charge in [-0.25, -0.2) is 4.57 Å². The second-order valence-electron chi connectivity index (χ2n) is 14.0. The molecular formula is C39H77O10P. The van der Waals surface area contributed by atoms with Gasteiger partial charge in [0.05, 0.1) is 19.8 Å². The third kappa shape index (κ3) is 35.4. The van der Waals surface area contributed by atoms with E-state index in [2.05, 4.69) is 18.4 Å². The van der Waals surface area contributed by atoms with Crippen molar-refractivity contribution < 1.29 is 47.8 Å². The van der Waals surface area contributed by atoms with E-state index in [0.29, 0.717) is 12.8 Å². The highest BCUT2D eigenvalue weighted by Gasteiger charge is 2.27. The molecule has 10 nitrogen and oxygen atoms in total. The van der Waals surface area contributed by atoms with Crippen molar-refractivity contribution >= 4 is 19.8 Å². The lowest BCUT2D eigenvalue weighted by atomic mass is 10.0. The van der Waals surface area contributed by atoms with Crippen LogP contribution in [-0.2, 0) is 32.7 Å². The van der Waals surface area contributed by atoms with Crippen LogP contribution in [0.15, 0.2) is 0 Å². The van der Waals surface area contributed by atoms with Crippen LogP contribution in [0.4, 0.5) is 0 Å². The molecule has 0 aliphatic heterocycles. The van der Waals surface area contributed by atoms with Crippen LogP contribution in [0.25, 0.3) is 0 Å². The number of phosphoric acid groups is 1. The van der Waals surface area contributed by atoms with Gasteiger partial charge in [-0.1, -0.05) is 174 Å². The average molecular weight is 737 g/mol. The maximum atomic E-state index is 12.6. The van der Waals surface area contributed by atoms with Crippen molar-refractivity contribution in [3.8, 4) is 0 Å². The molecule has 0 amide bonds. The standard InChI is InChI=1S/C39H77O10P/c1-3-5-7-9-11-13-15-16-17-18-19-21-23-25-27-29-31-39(43)49-37(35-48-50(44,45)47-33-36(41)32-40)34-46-38(42)30-28-26-24-22-20-14-12-10-8-6-4-2/h36-37,40-41H,3-35H2,1-2H3,(H,44,45)/t36-,37+/m0/s1. The summed E-state index contributed by atoms with van der Waals surface area (Å²) >= 11 is 0. The summed E-state index contributed by atoms with van der Waals surface area (Å²) < 4.78 is 32.6. The lowest BCUT2D eigenvalue weighted by Crippen LogP contribution is -2.29. The lowest BCUT2D eigenvalue weighted by molar-refractivity contribution is -0.161. The number of ether oxygens (including phenoxy) is 2. The predicted molar refractivity (Wildman–Crippen MR) is 201 cm³/mol. The molecule has 0 saturated carbocycles. The Morgan fingerprint density at radius 3 is 1.24 bits per heavy atom. The molecule has 0 rings (SSSR count). The van der Waals surface area contributed by atoms with Crippen molar-refractivity contribution in [2.45, 2.75) is 212 Å². The van der Waals surface area contributed by atoms with Crippen LogP contribution in [0.5, 0.6) is 0 Å². The van der Waals surface area contributed by atoms with Crippen LogP contribution in [-0.4, -0.2) is 65.7 Å². The normalized spacial score (nSPS) is 13.9. The molecule has 0 saturated heterocycles. The maximum absolute atomic E-state index is 12.6. The van der Waals surface area contributed by atoms with Gasteiger partial charge in [0.15, 0.2) is 6.10 Å². The predicted octanol–water partition coefficient (Wildman–Crippen LogP) is 10.3. The van der Waals surface area contributed by atoms with E-state index in [1.54, 1.807) is 0 Å². The number of rotatable bonds is 39. The highest BCUT2D eigenvalue weighted by molar-refractivity contribution is 7.47. The van der Waals surface area contributed by atoms with E-state index in [1.807, 2.05) is 0 Å². The molecule has 3 atom stereocenters. The van der Waals surface area contributed by atoms with Gasteiger partial charge in [0, 0.05) is 12.8 Å². The zero-order chi connectivity index (χ0) is 37.0. The summed E-state index contributed by atoms with van der Waals surface area (Å²) in [6.07, 6.45) is 30.7. The lowest BCUT2D eigenvalue weighted by Gasteiger charge is -2.20. The van der Waals surface area contributed by atoms with Crippen LogP contribution >= 0.6 is 7.82 Å². The first-order chi connectivity index (χ1) is 24.2. The van der Waals surface area contributed by atoms with E-state index in [-0.39, 0.29) is 19.4 Å². The summed E-state index contributed by atoms with van der Waals surface area (Å²) in [5.41, 5.74) is 0. The number of hydrogen-bond acceptors (Lipinski definition) is 9. The average Bonchev–Trinajstić information content (AvgIpc) is 3.10. The van der Waals surface area contributed by atoms with E-state index in [0.717, 1.165) is 38.5 Å². The smallest absolute Gasteiger partial charge is 0.462 e. The van der Waals surface area contributed by atoms with Crippen LogP contribution in [0.3, 0.4) is 0 Å². The number of unbranched alkanes of at least 4 members (excludes halogenated alkanes) is 25. The molecule has 3 N–H and O–H groups in total. The van der Waals surface area contributed by atoms with E-state index in [9.17, 15) is 24.2 Å². The fourth-order valence-corrected chi connectivity index (χ4v) is 6.61. The molecule has 0 aliphatic rings. The minimum Gasteiger partial charge on any atom is -0.462 e. The Morgan fingerprint density at radius 1 is 0.520 bits per heavy atom. The fraction of sp³-hybridized carbons (Fsp3) is 0.949. The van der Waals surface area contributed by atoms with Crippen molar-refractivity contribution in [1.82, 2.24) is 0 Å². The third-order valence-corrected chi connectivity index (χ3v) is 9.96. The highest BCUT2D eigenvalue weighted by atomic mass is 31.2. The molecule has 298 valence electrons. The number of carbonyl (C=O) groups is 2. The number of hydrogen-bond donors (Lipinski definition) is 3. The molecule has 0 spiro atoms. The second kappa shape index (κ2) is 36.3. The SMILES string of the molecule is CCCCCCCCCCCCCCCCCCC(=O)O[C@H](COC(=O)CCCCCCCCCCCCC)COP(=O)(O)OC[C@@H](O)CO. The Bertz CT molecular complexity index is 812. The Hall–Kier alpha value is -1.03. The Balaban J connectivity index is 4.27. The summed E-state index contributed by atoms with van der Waals surface area (Å²) in [7, 11) is -4.60. The molecule has 0 aromatic rings. The zero-order valence-electron chi connectivity index (χ0n) is 32.1.